The average Bonchev–Trinajstić information content (AvgIpc) is 3.85. The van der Waals surface area contributed by atoms with E-state index < -0.39 is 0 Å². The number of para-hydroxylation sites is 3. The summed E-state index contributed by atoms with van der Waals surface area (Å²) in [4.78, 5) is 16.0. The van der Waals surface area contributed by atoms with Gasteiger partial charge in [0.25, 0.3) is 0 Å². The van der Waals surface area contributed by atoms with E-state index in [1.54, 1.807) is 0 Å². The summed E-state index contributed by atoms with van der Waals surface area (Å²) in [6.07, 6.45) is 0. The van der Waals surface area contributed by atoms with Gasteiger partial charge in [-0.2, -0.15) is 0 Å². The number of fused-ring (bicyclic) bond motifs is 10. The molecule has 0 saturated heterocycles. The minimum atomic E-state index is 0.534. The van der Waals surface area contributed by atoms with E-state index in [1.165, 1.54) is 16.2 Å². The smallest absolute Gasteiger partial charge is 0.167 e. The number of nitrogens with zero attached hydrogens (tertiary/aromatic N) is 3. The average molecular weight is 716 g/mol. The molecule has 0 aliphatic carbocycles. The second kappa shape index (κ2) is 11.9. The summed E-state index contributed by atoms with van der Waals surface area (Å²) in [6, 6.07) is 61.0. The van der Waals surface area contributed by atoms with Gasteiger partial charge in [-0.05, 0) is 80.3 Å². The van der Waals surface area contributed by atoms with Crippen molar-refractivity contribution in [2.45, 2.75) is 0 Å². The lowest BCUT2D eigenvalue weighted by Crippen LogP contribution is -2.01. The maximum absolute atomic E-state index is 6.75. The van der Waals surface area contributed by atoms with Crippen molar-refractivity contribution in [3.63, 3.8) is 0 Å². The molecule has 12 rings (SSSR count). The Hall–Kier alpha value is -7.63. The van der Waals surface area contributed by atoms with Crippen LogP contribution in [-0.4, -0.2) is 15.0 Å². The molecule has 0 aliphatic heterocycles. The highest BCUT2D eigenvalue weighted by molar-refractivity contribution is 6.17. The van der Waals surface area contributed by atoms with Crippen molar-refractivity contribution in [1.82, 2.24) is 15.0 Å². The third-order valence-corrected chi connectivity index (χ3v) is 11.1. The molecule has 5 heteroatoms. The summed E-state index contributed by atoms with van der Waals surface area (Å²) >= 11 is 0. The summed E-state index contributed by atoms with van der Waals surface area (Å²) in [6.45, 7) is 0. The summed E-state index contributed by atoms with van der Waals surface area (Å²) < 4.78 is 13.3. The first-order valence-corrected chi connectivity index (χ1v) is 18.8. The molecule has 5 nitrogen and oxygen atoms in total. The predicted octanol–water partition coefficient (Wildman–Crippen LogP) is 13.8. The highest BCUT2D eigenvalue weighted by atomic mass is 16.3. The quantitative estimate of drug-likeness (QED) is 0.170. The van der Waals surface area contributed by atoms with Gasteiger partial charge in [0.05, 0.1) is 5.56 Å². The Balaban J connectivity index is 1.17. The van der Waals surface area contributed by atoms with Crippen LogP contribution in [-0.2, 0) is 0 Å². The van der Waals surface area contributed by atoms with Crippen molar-refractivity contribution >= 4 is 76.2 Å². The molecule has 3 aromatic heterocycles. The molecule has 12 aromatic rings. The van der Waals surface area contributed by atoms with E-state index in [9.17, 15) is 0 Å². The topological polar surface area (TPSA) is 65.0 Å². The van der Waals surface area contributed by atoms with E-state index in [1.807, 2.05) is 42.5 Å². The monoisotopic (exact) mass is 715 g/mol. The van der Waals surface area contributed by atoms with Crippen molar-refractivity contribution in [2.24, 2.45) is 0 Å². The summed E-state index contributed by atoms with van der Waals surface area (Å²) in [7, 11) is 0. The largest absolute Gasteiger partial charge is 0.455 e. The first-order chi connectivity index (χ1) is 27.7. The van der Waals surface area contributed by atoms with Gasteiger partial charge in [0, 0.05) is 38.2 Å². The molecule has 0 spiro atoms. The van der Waals surface area contributed by atoms with Crippen molar-refractivity contribution in [2.75, 3.05) is 0 Å². The molecule has 0 atom stereocenters. The first-order valence-electron chi connectivity index (χ1n) is 18.8. The summed E-state index contributed by atoms with van der Waals surface area (Å²) in [5.41, 5.74) is 7.84. The van der Waals surface area contributed by atoms with Gasteiger partial charge in [-0.25, -0.2) is 15.0 Å². The van der Waals surface area contributed by atoms with Crippen LogP contribution in [0, 0.1) is 0 Å². The molecule has 0 saturated carbocycles. The predicted molar refractivity (Wildman–Crippen MR) is 229 cm³/mol. The van der Waals surface area contributed by atoms with Gasteiger partial charge >= 0.3 is 0 Å². The van der Waals surface area contributed by atoms with Crippen molar-refractivity contribution in [3.05, 3.63) is 176 Å². The van der Waals surface area contributed by atoms with E-state index in [-0.39, 0.29) is 0 Å². The molecule has 3 heterocycles. The Morgan fingerprint density at radius 3 is 1.70 bits per heavy atom. The van der Waals surface area contributed by atoms with E-state index in [4.69, 9.17) is 23.8 Å². The van der Waals surface area contributed by atoms with Crippen LogP contribution in [0.5, 0.6) is 0 Å². The molecule has 0 aliphatic rings. The van der Waals surface area contributed by atoms with Crippen LogP contribution in [0.25, 0.3) is 121 Å². The zero-order valence-electron chi connectivity index (χ0n) is 29.9. The Morgan fingerprint density at radius 2 is 0.875 bits per heavy atom. The number of aromatic nitrogens is 3. The van der Waals surface area contributed by atoms with Crippen molar-refractivity contribution in [3.8, 4) is 45.3 Å². The number of hydrogen-bond acceptors (Lipinski definition) is 5. The number of benzene rings is 9. The molecule has 0 amide bonds. The molecule has 0 unspecified atom stereocenters. The van der Waals surface area contributed by atoms with Gasteiger partial charge in [0.15, 0.2) is 17.5 Å². The standard InChI is InChI=1S/C51H29N3O2/c1-2-13-31-28-33(25-24-30(31)12-1)35-26-27-41(46-40-19-8-10-23-45(40)56-48(35)46)49-52-50(42-21-11-20-39-38-18-7-9-22-44(38)55-47(39)42)54-51(53-49)43-29-32-14-3-4-15-34(32)36-16-5-6-17-37(36)43/h1-29H. The van der Waals surface area contributed by atoms with Crippen LogP contribution in [0.3, 0.4) is 0 Å². The molecular formula is C51H29N3O2. The zero-order valence-corrected chi connectivity index (χ0v) is 29.9. The summed E-state index contributed by atoms with van der Waals surface area (Å²) in [5.74, 6) is 1.67. The lowest BCUT2D eigenvalue weighted by molar-refractivity contribution is 0.669. The maximum Gasteiger partial charge on any atom is 0.167 e. The van der Waals surface area contributed by atoms with Crippen molar-refractivity contribution < 1.29 is 8.83 Å². The Bertz CT molecular complexity index is 3560. The van der Waals surface area contributed by atoms with Gasteiger partial charge in [-0.3, -0.25) is 0 Å². The highest BCUT2D eigenvalue weighted by Gasteiger charge is 2.23. The van der Waals surface area contributed by atoms with Gasteiger partial charge in [-0.1, -0.05) is 133 Å². The van der Waals surface area contributed by atoms with Gasteiger partial charge in [-0.15, -0.1) is 0 Å². The van der Waals surface area contributed by atoms with E-state index in [0.29, 0.717) is 17.5 Å². The van der Waals surface area contributed by atoms with Crippen LogP contribution >= 0.6 is 0 Å². The van der Waals surface area contributed by atoms with Gasteiger partial charge in [0.2, 0.25) is 0 Å². The third-order valence-electron chi connectivity index (χ3n) is 11.1. The fourth-order valence-corrected chi connectivity index (χ4v) is 8.50. The molecule has 9 aromatic carbocycles. The van der Waals surface area contributed by atoms with Gasteiger partial charge < -0.3 is 8.83 Å². The Labute approximate surface area is 320 Å². The lowest BCUT2D eigenvalue weighted by atomic mass is 9.96. The van der Waals surface area contributed by atoms with Crippen LogP contribution in [0.15, 0.2) is 185 Å². The van der Waals surface area contributed by atoms with E-state index >= 15 is 0 Å². The van der Waals surface area contributed by atoms with Crippen LogP contribution < -0.4 is 0 Å². The van der Waals surface area contributed by atoms with Gasteiger partial charge in [0.1, 0.15) is 22.3 Å². The molecular weight excluding hydrogens is 687 g/mol. The van der Waals surface area contributed by atoms with Crippen molar-refractivity contribution in [1.29, 1.82) is 0 Å². The second-order valence-corrected chi connectivity index (χ2v) is 14.3. The first kappa shape index (κ1) is 30.8. The Kier molecular flexibility index (Phi) is 6.56. The minimum Gasteiger partial charge on any atom is -0.455 e. The fraction of sp³-hybridized carbons (Fsp3) is 0. The molecule has 0 bridgehead atoms. The minimum absolute atomic E-state index is 0.534. The molecule has 0 fully saturated rings. The van der Waals surface area contributed by atoms with Crippen LogP contribution in [0.1, 0.15) is 0 Å². The highest BCUT2D eigenvalue weighted by Crippen LogP contribution is 2.43. The number of hydrogen-bond donors (Lipinski definition) is 0. The van der Waals surface area contributed by atoms with E-state index in [0.717, 1.165) is 87.9 Å². The third kappa shape index (κ3) is 4.64. The second-order valence-electron chi connectivity index (χ2n) is 14.3. The number of rotatable bonds is 4. The molecule has 0 radical (unpaired) electrons. The zero-order chi connectivity index (χ0) is 36.7. The lowest BCUT2D eigenvalue weighted by Gasteiger charge is -2.13. The summed E-state index contributed by atoms with van der Waals surface area (Å²) in [5, 5.41) is 10.9. The Morgan fingerprint density at radius 1 is 0.304 bits per heavy atom. The SMILES string of the molecule is c1ccc2cc(-c3ccc(-c4nc(-c5cc6ccccc6c6ccccc56)nc(-c5cccc6c5oc5ccccc56)n4)c4c3oc3ccccc34)ccc2c1. The number of furan rings is 2. The van der Waals surface area contributed by atoms with Crippen LogP contribution in [0.2, 0.25) is 0 Å². The normalized spacial score (nSPS) is 11.9. The molecule has 260 valence electrons. The fourth-order valence-electron chi connectivity index (χ4n) is 8.50. The molecule has 56 heavy (non-hydrogen) atoms. The van der Waals surface area contributed by atoms with Crippen LogP contribution in [0.4, 0.5) is 0 Å². The molecule has 0 N–H and O–H groups in total. The van der Waals surface area contributed by atoms with E-state index in [2.05, 4.69) is 133 Å². The maximum atomic E-state index is 6.75.